The fourth-order valence-electron chi connectivity index (χ4n) is 1.26. The molecule has 0 bridgehead atoms. The van der Waals surface area contributed by atoms with Crippen molar-refractivity contribution in [2.75, 3.05) is 7.11 Å². The summed E-state index contributed by atoms with van der Waals surface area (Å²) >= 11 is 3.56. The molecular formula is C12H15BrO. The molecule has 14 heavy (non-hydrogen) atoms. The van der Waals surface area contributed by atoms with Crippen molar-refractivity contribution in [1.29, 1.82) is 0 Å². The van der Waals surface area contributed by atoms with Crippen LogP contribution >= 0.6 is 15.9 Å². The summed E-state index contributed by atoms with van der Waals surface area (Å²) < 4.78 is 6.03. The molecule has 0 aromatic heterocycles. The topological polar surface area (TPSA) is 9.23 Å². The largest absolute Gasteiger partial charge is 0.504 e. The van der Waals surface area contributed by atoms with Gasteiger partial charge in [-0.05, 0) is 29.2 Å². The lowest BCUT2D eigenvalue weighted by atomic mass is 10.0. The van der Waals surface area contributed by atoms with E-state index in [9.17, 15) is 0 Å². The Balaban J connectivity index is 2.94. The summed E-state index contributed by atoms with van der Waals surface area (Å²) in [7, 11) is 1.65. The quantitative estimate of drug-likeness (QED) is 0.736. The van der Waals surface area contributed by atoms with Crippen molar-refractivity contribution < 1.29 is 4.74 Å². The summed E-state index contributed by atoms with van der Waals surface area (Å²) in [6, 6.07) is 6.34. The van der Waals surface area contributed by atoms with E-state index in [0.717, 1.165) is 10.0 Å². The normalized spacial score (nSPS) is 11.2. The summed E-state index contributed by atoms with van der Waals surface area (Å²) in [6.45, 7) is 4.37. The van der Waals surface area contributed by atoms with Crippen LogP contribution in [-0.4, -0.2) is 7.11 Å². The molecule has 0 spiro atoms. The molecular weight excluding hydrogens is 240 g/mol. The monoisotopic (exact) mass is 254 g/mol. The molecule has 1 nitrogen and oxygen atoms in total. The van der Waals surface area contributed by atoms with Gasteiger partial charge in [0, 0.05) is 4.47 Å². The Morgan fingerprint density at radius 1 is 1.36 bits per heavy atom. The third kappa shape index (κ3) is 2.88. The Hall–Kier alpha value is -0.760. The van der Waals surface area contributed by atoms with E-state index in [4.69, 9.17) is 4.74 Å². The van der Waals surface area contributed by atoms with Gasteiger partial charge >= 0.3 is 0 Å². The first-order chi connectivity index (χ1) is 6.65. The molecule has 1 rings (SSSR count). The van der Waals surface area contributed by atoms with Crippen molar-refractivity contribution in [2.24, 2.45) is 0 Å². The van der Waals surface area contributed by atoms with Crippen LogP contribution in [0, 0.1) is 0 Å². The molecule has 0 amide bonds. The van der Waals surface area contributed by atoms with E-state index in [-0.39, 0.29) is 0 Å². The molecule has 0 radical (unpaired) electrons. The summed E-state index contributed by atoms with van der Waals surface area (Å²) in [5, 5.41) is 0. The summed E-state index contributed by atoms with van der Waals surface area (Å²) in [4.78, 5) is 0. The van der Waals surface area contributed by atoms with E-state index >= 15 is 0 Å². The minimum absolute atomic E-state index is 0.546. The Labute approximate surface area is 93.9 Å². The molecule has 0 saturated carbocycles. The smallest absolute Gasteiger partial charge is 0.0830 e. The van der Waals surface area contributed by atoms with Crippen molar-refractivity contribution in [3.8, 4) is 0 Å². The molecule has 0 aliphatic rings. The van der Waals surface area contributed by atoms with Crippen LogP contribution < -0.4 is 0 Å². The zero-order valence-corrected chi connectivity index (χ0v) is 10.3. The fraction of sp³-hybridized carbons (Fsp3) is 0.333. The van der Waals surface area contributed by atoms with Crippen LogP contribution in [0.2, 0.25) is 0 Å². The molecule has 0 aliphatic heterocycles. The Bertz CT molecular complexity index is 329. The molecule has 2 heteroatoms. The number of hydrogen-bond donors (Lipinski definition) is 0. The Kier molecular flexibility index (Phi) is 4.21. The first-order valence-electron chi connectivity index (χ1n) is 4.64. The standard InChI is InChI=1S/C12H15BrO/c1-9(2)11-5-4-10(6-7-14-3)8-12(11)13/h4-9H,1-3H3/b7-6+. The molecule has 0 atom stereocenters. The van der Waals surface area contributed by atoms with Gasteiger partial charge in [0.05, 0.1) is 13.4 Å². The number of rotatable bonds is 3. The minimum atomic E-state index is 0.546. The van der Waals surface area contributed by atoms with Crippen molar-refractivity contribution in [2.45, 2.75) is 19.8 Å². The van der Waals surface area contributed by atoms with Crippen LogP contribution in [0.1, 0.15) is 30.9 Å². The van der Waals surface area contributed by atoms with Gasteiger partial charge in [-0.15, -0.1) is 0 Å². The molecule has 0 fully saturated rings. The predicted molar refractivity (Wildman–Crippen MR) is 64.3 cm³/mol. The average Bonchev–Trinajstić information content (AvgIpc) is 2.14. The maximum absolute atomic E-state index is 4.87. The summed E-state index contributed by atoms with van der Waals surface area (Å²) in [5.74, 6) is 0.546. The third-order valence-electron chi connectivity index (χ3n) is 2.04. The second-order valence-corrected chi connectivity index (χ2v) is 4.33. The van der Waals surface area contributed by atoms with Crippen molar-refractivity contribution in [3.05, 3.63) is 40.1 Å². The van der Waals surface area contributed by atoms with Gasteiger partial charge in [0.15, 0.2) is 0 Å². The lowest BCUT2D eigenvalue weighted by Crippen LogP contribution is -1.89. The highest BCUT2D eigenvalue weighted by Gasteiger charge is 2.03. The van der Waals surface area contributed by atoms with Crippen LogP contribution in [0.15, 0.2) is 28.9 Å². The second kappa shape index (κ2) is 5.20. The third-order valence-corrected chi connectivity index (χ3v) is 2.73. The molecule has 76 valence electrons. The van der Waals surface area contributed by atoms with Gasteiger partial charge in [-0.25, -0.2) is 0 Å². The van der Waals surface area contributed by atoms with Gasteiger partial charge in [0.2, 0.25) is 0 Å². The highest BCUT2D eigenvalue weighted by Crippen LogP contribution is 2.25. The SMILES string of the molecule is CO/C=C/c1ccc(C(C)C)c(Br)c1. The van der Waals surface area contributed by atoms with E-state index in [1.165, 1.54) is 5.56 Å². The molecule has 0 heterocycles. The van der Waals surface area contributed by atoms with Gasteiger partial charge in [0.25, 0.3) is 0 Å². The van der Waals surface area contributed by atoms with Crippen LogP contribution in [0.5, 0.6) is 0 Å². The van der Waals surface area contributed by atoms with Crippen LogP contribution in [0.25, 0.3) is 6.08 Å². The maximum Gasteiger partial charge on any atom is 0.0830 e. The van der Waals surface area contributed by atoms with E-state index in [0.29, 0.717) is 5.92 Å². The minimum Gasteiger partial charge on any atom is -0.504 e. The van der Waals surface area contributed by atoms with Crippen LogP contribution in [0.3, 0.4) is 0 Å². The van der Waals surface area contributed by atoms with E-state index in [1.807, 2.05) is 6.08 Å². The van der Waals surface area contributed by atoms with Gasteiger partial charge in [0.1, 0.15) is 0 Å². The lowest BCUT2D eigenvalue weighted by Gasteiger charge is -2.08. The number of hydrogen-bond acceptors (Lipinski definition) is 1. The first-order valence-corrected chi connectivity index (χ1v) is 5.43. The molecule has 0 N–H and O–H groups in total. The number of ether oxygens (including phenoxy) is 1. The van der Waals surface area contributed by atoms with E-state index < -0.39 is 0 Å². The number of halogens is 1. The fourth-order valence-corrected chi connectivity index (χ4v) is 2.12. The van der Waals surface area contributed by atoms with Crippen LogP contribution in [-0.2, 0) is 4.74 Å². The zero-order valence-electron chi connectivity index (χ0n) is 8.75. The van der Waals surface area contributed by atoms with Crippen molar-refractivity contribution >= 4 is 22.0 Å². The predicted octanol–water partition coefficient (Wildman–Crippen LogP) is 4.19. The molecule has 0 saturated heterocycles. The van der Waals surface area contributed by atoms with Crippen molar-refractivity contribution in [3.63, 3.8) is 0 Å². The Morgan fingerprint density at radius 3 is 2.57 bits per heavy atom. The molecule has 1 aromatic carbocycles. The molecule has 1 aromatic rings. The number of benzene rings is 1. The highest BCUT2D eigenvalue weighted by molar-refractivity contribution is 9.10. The first kappa shape index (κ1) is 11.3. The van der Waals surface area contributed by atoms with E-state index in [2.05, 4.69) is 48.0 Å². The van der Waals surface area contributed by atoms with Crippen molar-refractivity contribution in [1.82, 2.24) is 0 Å². The number of methoxy groups -OCH3 is 1. The van der Waals surface area contributed by atoms with Gasteiger partial charge in [-0.2, -0.15) is 0 Å². The van der Waals surface area contributed by atoms with Gasteiger partial charge < -0.3 is 4.74 Å². The lowest BCUT2D eigenvalue weighted by molar-refractivity contribution is 0.341. The zero-order chi connectivity index (χ0) is 10.6. The average molecular weight is 255 g/mol. The van der Waals surface area contributed by atoms with Gasteiger partial charge in [-0.3, -0.25) is 0 Å². The second-order valence-electron chi connectivity index (χ2n) is 3.47. The molecule has 0 unspecified atom stereocenters. The highest BCUT2D eigenvalue weighted by atomic mass is 79.9. The summed E-state index contributed by atoms with van der Waals surface area (Å²) in [5.41, 5.74) is 2.47. The maximum atomic E-state index is 4.87. The molecule has 0 aliphatic carbocycles. The van der Waals surface area contributed by atoms with E-state index in [1.54, 1.807) is 13.4 Å². The van der Waals surface area contributed by atoms with Gasteiger partial charge in [-0.1, -0.05) is 41.9 Å². The Morgan fingerprint density at radius 2 is 2.07 bits per heavy atom. The van der Waals surface area contributed by atoms with Crippen LogP contribution in [0.4, 0.5) is 0 Å². The summed E-state index contributed by atoms with van der Waals surface area (Å²) in [6.07, 6.45) is 3.62.